The molecule has 1 saturated carbocycles. The van der Waals surface area contributed by atoms with Gasteiger partial charge in [-0.2, -0.15) is 0 Å². The zero-order valence-corrected chi connectivity index (χ0v) is 41.5. The van der Waals surface area contributed by atoms with Gasteiger partial charge in [-0.15, -0.1) is 0 Å². The second-order valence-electron chi connectivity index (χ2n) is 18.7. The lowest BCUT2D eigenvalue weighted by atomic mass is 9.85. The molecule has 0 aromatic heterocycles. The van der Waals surface area contributed by atoms with Crippen molar-refractivity contribution in [2.45, 2.75) is 294 Å². The Labute approximate surface area is 389 Å². The predicted octanol–water partition coefficient (Wildman–Crippen LogP) is 11.2. The number of hydrogen-bond acceptors (Lipinski definition) is 12. The Morgan fingerprint density at radius 3 is 1.03 bits per heavy atom. The first-order valence-corrected chi connectivity index (χ1v) is 27.8. The van der Waals surface area contributed by atoms with Crippen molar-refractivity contribution in [2.75, 3.05) is 13.2 Å². The minimum atomic E-state index is -5.11. The molecular formula is C50H97O13P. The minimum absolute atomic E-state index is 0.106. The number of aliphatic hydroxyl groups excluding tert-OH is 5. The van der Waals surface area contributed by atoms with E-state index in [4.69, 9.17) is 18.5 Å². The SMILES string of the molecule is CCCCCCCCCCCCCCCCCCCCCCCC(=O)OC(COC(=O)CCCCCCCCCCCCCCCC)COP(=O)(O)OC1C(O)C(O)C(O)C(O)C1O. The molecule has 1 aliphatic rings. The molecule has 0 aromatic carbocycles. The molecule has 1 aliphatic carbocycles. The van der Waals surface area contributed by atoms with E-state index < -0.39 is 75.7 Å². The van der Waals surface area contributed by atoms with Crippen LogP contribution in [0.15, 0.2) is 0 Å². The fourth-order valence-electron chi connectivity index (χ4n) is 8.47. The van der Waals surface area contributed by atoms with E-state index in [0.717, 1.165) is 38.5 Å². The molecule has 0 heterocycles. The fraction of sp³-hybridized carbons (Fsp3) is 0.960. The van der Waals surface area contributed by atoms with Crippen LogP contribution in [0.5, 0.6) is 0 Å². The Hall–Kier alpha value is -1.15. The molecule has 6 unspecified atom stereocenters. The van der Waals surface area contributed by atoms with Crippen LogP contribution in [-0.4, -0.2) is 98.3 Å². The number of rotatable bonds is 45. The van der Waals surface area contributed by atoms with Crippen molar-refractivity contribution >= 4 is 19.8 Å². The zero-order chi connectivity index (χ0) is 47.1. The Kier molecular flexibility index (Phi) is 38.9. The first-order chi connectivity index (χ1) is 30.9. The van der Waals surface area contributed by atoms with Crippen molar-refractivity contribution in [3.05, 3.63) is 0 Å². The van der Waals surface area contributed by atoms with Crippen LogP contribution in [0.2, 0.25) is 0 Å². The normalized spacial score (nSPS) is 21.4. The summed E-state index contributed by atoms with van der Waals surface area (Å²) in [5.74, 6) is -1.08. The number of carbonyl (C=O) groups excluding carboxylic acids is 2. The quantitative estimate of drug-likeness (QED) is 0.0191. The van der Waals surface area contributed by atoms with Gasteiger partial charge in [0, 0.05) is 12.8 Å². The number of phosphoric acid groups is 1. The minimum Gasteiger partial charge on any atom is -0.462 e. The molecule has 0 saturated heterocycles. The summed E-state index contributed by atoms with van der Waals surface area (Å²) in [6.45, 7) is 3.35. The van der Waals surface area contributed by atoms with E-state index in [1.54, 1.807) is 0 Å². The molecule has 0 aromatic rings. The lowest BCUT2D eigenvalue weighted by molar-refractivity contribution is -0.220. The largest absolute Gasteiger partial charge is 0.472 e. The summed E-state index contributed by atoms with van der Waals surface area (Å²) in [5, 5.41) is 50.3. The highest BCUT2D eigenvalue weighted by Crippen LogP contribution is 2.47. The second kappa shape index (κ2) is 40.9. The van der Waals surface area contributed by atoms with Crippen LogP contribution in [0.1, 0.15) is 251 Å². The molecule has 13 nitrogen and oxygen atoms in total. The number of unbranched alkanes of at least 4 members (excludes halogenated alkanes) is 33. The third-order valence-electron chi connectivity index (χ3n) is 12.7. The van der Waals surface area contributed by atoms with Crippen LogP contribution < -0.4 is 0 Å². The molecule has 6 N–H and O–H groups in total. The van der Waals surface area contributed by atoms with Gasteiger partial charge in [0.2, 0.25) is 0 Å². The fourth-order valence-corrected chi connectivity index (χ4v) is 9.44. The smallest absolute Gasteiger partial charge is 0.462 e. The molecular weight excluding hydrogens is 840 g/mol. The first-order valence-electron chi connectivity index (χ1n) is 26.3. The van der Waals surface area contributed by atoms with Crippen LogP contribution in [0.25, 0.3) is 0 Å². The van der Waals surface area contributed by atoms with Crippen molar-refractivity contribution in [2.24, 2.45) is 0 Å². The maximum atomic E-state index is 12.8. The van der Waals surface area contributed by atoms with E-state index in [0.29, 0.717) is 12.8 Å². The van der Waals surface area contributed by atoms with Gasteiger partial charge in [-0.25, -0.2) is 4.57 Å². The number of esters is 2. The number of hydrogen-bond donors (Lipinski definition) is 6. The standard InChI is InChI=1S/C50H97O13P/c1-3-5-7-9-11-13-15-17-19-20-21-22-23-24-25-27-29-31-33-35-37-39-44(52)62-42(41-61-64(58,59)63-50-48(56)46(54)45(53)47(55)49(50)57)40-60-43(51)38-36-34-32-30-28-26-18-16-14-12-10-8-6-4-2/h42,45-50,53-57H,3-41H2,1-2H3,(H,58,59). The van der Waals surface area contributed by atoms with Crippen LogP contribution in [0, 0.1) is 0 Å². The molecule has 14 heteroatoms. The Balaban J connectivity index is 2.35. The summed E-state index contributed by atoms with van der Waals surface area (Å²) in [7, 11) is -5.11. The summed E-state index contributed by atoms with van der Waals surface area (Å²) >= 11 is 0. The van der Waals surface area contributed by atoms with Crippen LogP contribution in [0.4, 0.5) is 0 Å². The number of phosphoric ester groups is 1. The second-order valence-corrected chi connectivity index (χ2v) is 20.2. The molecule has 64 heavy (non-hydrogen) atoms. The maximum absolute atomic E-state index is 12.8. The highest BCUT2D eigenvalue weighted by atomic mass is 31.2. The highest BCUT2D eigenvalue weighted by Gasteiger charge is 2.51. The molecule has 0 aliphatic heterocycles. The average molecular weight is 937 g/mol. The Morgan fingerprint density at radius 2 is 0.703 bits per heavy atom. The highest BCUT2D eigenvalue weighted by molar-refractivity contribution is 7.47. The maximum Gasteiger partial charge on any atom is 0.472 e. The lowest BCUT2D eigenvalue weighted by Crippen LogP contribution is -2.64. The van der Waals surface area contributed by atoms with E-state index in [1.165, 1.54) is 173 Å². The monoisotopic (exact) mass is 937 g/mol. The number of ether oxygens (including phenoxy) is 2. The lowest BCUT2D eigenvalue weighted by Gasteiger charge is -2.41. The molecule has 380 valence electrons. The summed E-state index contributed by atoms with van der Waals surface area (Å²) in [4.78, 5) is 35.8. The van der Waals surface area contributed by atoms with Crippen molar-refractivity contribution in [1.82, 2.24) is 0 Å². The molecule has 0 bridgehead atoms. The first kappa shape index (κ1) is 60.9. The average Bonchev–Trinajstić information content (AvgIpc) is 3.28. The van der Waals surface area contributed by atoms with E-state index in [-0.39, 0.29) is 12.8 Å². The summed E-state index contributed by atoms with van der Waals surface area (Å²) < 4.78 is 33.7. The third kappa shape index (κ3) is 32.5. The van der Waals surface area contributed by atoms with Gasteiger partial charge in [-0.3, -0.25) is 18.6 Å². The van der Waals surface area contributed by atoms with Crippen molar-refractivity contribution in [3.8, 4) is 0 Å². The van der Waals surface area contributed by atoms with E-state index in [9.17, 15) is 44.6 Å². The summed E-state index contributed by atoms with van der Waals surface area (Å²) in [6.07, 6.45) is 30.1. The zero-order valence-electron chi connectivity index (χ0n) is 40.6. The van der Waals surface area contributed by atoms with E-state index >= 15 is 0 Å². The van der Waals surface area contributed by atoms with Gasteiger partial charge in [-0.1, -0.05) is 226 Å². The molecule has 0 spiro atoms. The third-order valence-corrected chi connectivity index (χ3v) is 13.7. The molecule has 1 fully saturated rings. The van der Waals surface area contributed by atoms with Crippen molar-refractivity contribution in [3.63, 3.8) is 0 Å². The molecule has 0 radical (unpaired) electrons. The van der Waals surface area contributed by atoms with E-state index in [2.05, 4.69) is 13.8 Å². The Bertz CT molecular complexity index is 1130. The van der Waals surface area contributed by atoms with Crippen molar-refractivity contribution in [1.29, 1.82) is 0 Å². The predicted molar refractivity (Wildman–Crippen MR) is 254 cm³/mol. The summed E-state index contributed by atoms with van der Waals surface area (Å²) in [5.41, 5.74) is 0. The van der Waals surface area contributed by atoms with Crippen LogP contribution in [-0.2, 0) is 32.7 Å². The molecule has 0 amide bonds. The van der Waals surface area contributed by atoms with Crippen LogP contribution in [0.3, 0.4) is 0 Å². The van der Waals surface area contributed by atoms with Gasteiger partial charge in [0.15, 0.2) is 6.10 Å². The Morgan fingerprint density at radius 1 is 0.422 bits per heavy atom. The van der Waals surface area contributed by atoms with Gasteiger partial charge >= 0.3 is 19.8 Å². The van der Waals surface area contributed by atoms with Gasteiger partial charge in [-0.05, 0) is 12.8 Å². The van der Waals surface area contributed by atoms with Gasteiger partial charge < -0.3 is 39.9 Å². The molecule has 1 rings (SSSR count). The van der Waals surface area contributed by atoms with Crippen LogP contribution >= 0.6 is 7.82 Å². The van der Waals surface area contributed by atoms with Gasteiger partial charge in [0.05, 0.1) is 6.61 Å². The van der Waals surface area contributed by atoms with Gasteiger partial charge in [0.25, 0.3) is 0 Å². The topological polar surface area (TPSA) is 210 Å². The number of carbonyl (C=O) groups is 2. The van der Waals surface area contributed by atoms with E-state index in [1.807, 2.05) is 0 Å². The van der Waals surface area contributed by atoms with Crippen molar-refractivity contribution < 1.29 is 63.1 Å². The molecule has 6 atom stereocenters. The number of aliphatic hydroxyl groups is 5. The summed E-state index contributed by atoms with van der Waals surface area (Å²) in [6, 6.07) is 0. The van der Waals surface area contributed by atoms with Gasteiger partial charge in [0.1, 0.15) is 43.2 Å².